The molecule has 0 atom stereocenters. The summed E-state index contributed by atoms with van der Waals surface area (Å²) < 4.78 is 11.5. The molecule has 0 bridgehead atoms. The highest BCUT2D eigenvalue weighted by Gasteiger charge is 2.23. The average molecular weight is 405 g/mol. The second-order valence-corrected chi connectivity index (χ2v) is 7.28. The van der Waals surface area contributed by atoms with E-state index in [9.17, 15) is 9.90 Å². The fraction of sp³-hybridized carbons (Fsp3) is 0.261. The first-order valence-corrected chi connectivity index (χ1v) is 9.79. The van der Waals surface area contributed by atoms with Crippen LogP contribution in [0.15, 0.2) is 61.2 Å². The Balaban J connectivity index is 1.72. The molecule has 1 aliphatic carbocycles. The van der Waals surface area contributed by atoms with E-state index in [-0.39, 0.29) is 5.56 Å². The number of carbonyl (C=O) groups is 1. The average Bonchev–Trinajstić information content (AvgIpc) is 3.61. The minimum Gasteiger partial charge on any atom is -0.493 e. The van der Waals surface area contributed by atoms with Crippen LogP contribution in [0.5, 0.6) is 11.5 Å². The predicted molar refractivity (Wildman–Crippen MR) is 112 cm³/mol. The molecule has 30 heavy (non-hydrogen) atoms. The fourth-order valence-corrected chi connectivity index (χ4v) is 3.17. The highest BCUT2D eigenvalue weighted by Crippen LogP contribution is 2.37. The van der Waals surface area contributed by atoms with Crippen molar-refractivity contribution >= 4 is 17.3 Å². The zero-order chi connectivity index (χ0) is 20.9. The number of ether oxygens (including phenoxy) is 2. The fourth-order valence-electron chi connectivity index (χ4n) is 3.17. The molecule has 0 spiro atoms. The van der Waals surface area contributed by atoms with Crippen LogP contribution in [0.4, 0.5) is 11.4 Å². The maximum Gasteiger partial charge on any atom is 0.335 e. The van der Waals surface area contributed by atoms with E-state index in [0.717, 1.165) is 16.9 Å². The van der Waals surface area contributed by atoms with Crippen molar-refractivity contribution in [2.45, 2.75) is 19.4 Å². The van der Waals surface area contributed by atoms with E-state index in [1.54, 1.807) is 37.7 Å². The van der Waals surface area contributed by atoms with E-state index in [1.165, 1.54) is 19.2 Å². The number of hydrogen-bond donors (Lipinski definition) is 1. The van der Waals surface area contributed by atoms with Gasteiger partial charge in [0.05, 0.1) is 25.8 Å². The van der Waals surface area contributed by atoms with Crippen molar-refractivity contribution < 1.29 is 19.4 Å². The van der Waals surface area contributed by atoms with Crippen molar-refractivity contribution in [2.24, 2.45) is 5.92 Å². The molecule has 0 amide bonds. The van der Waals surface area contributed by atoms with E-state index < -0.39 is 5.97 Å². The molecule has 154 valence electrons. The van der Waals surface area contributed by atoms with Gasteiger partial charge in [-0.25, -0.2) is 14.8 Å². The van der Waals surface area contributed by atoms with Crippen LogP contribution in [0.3, 0.4) is 0 Å². The van der Waals surface area contributed by atoms with Gasteiger partial charge in [0.2, 0.25) is 0 Å². The second kappa shape index (κ2) is 8.82. The van der Waals surface area contributed by atoms with Crippen molar-refractivity contribution in [1.82, 2.24) is 9.97 Å². The Morgan fingerprint density at radius 2 is 1.87 bits per heavy atom. The number of carboxylic acid groups (broad SMARTS) is 1. The molecule has 1 saturated carbocycles. The Morgan fingerprint density at radius 3 is 2.57 bits per heavy atom. The molecule has 3 aromatic rings. The van der Waals surface area contributed by atoms with Gasteiger partial charge >= 0.3 is 5.97 Å². The standard InChI is InChI=1S/C23H23N3O4/c1-29-21-8-7-20(10-22(21)30-14-16-5-6-16)26(13-17-11-24-15-25-12-17)19-4-2-3-18(9-19)23(27)28/h2-4,7-12,15-16H,5-6,13-14H2,1H3,(H,27,28). The third-order valence-electron chi connectivity index (χ3n) is 4.99. The molecular weight excluding hydrogens is 382 g/mol. The summed E-state index contributed by atoms with van der Waals surface area (Å²) in [6, 6.07) is 12.6. The zero-order valence-corrected chi connectivity index (χ0v) is 16.7. The summed E-state index contributed by atoms with van der Waals surface area (Å²) in [5.41, 5.74) is 2.72. The molecule has 2 aromatic carbocycles. The van der Waals surface area contributed by atoms with E-state index in [2.05, 4.69) is 9.97 Å². The summed E-state index contributed by atoms with van der Waals surface area (Å²) in [5.74, 6) is 0.985. The van der Waals surface area contributed by atoms with Gasteiger partial charge in [0.15, 0.2) is 11.5 Å². The summed E-state index contributed by atoms with van der Waals surface area (Å²) in [7, 11) is 1.62. The monoisotopic (exact) mass is 405 g/mol. The maximum atomic E-state index is 11.5. The van der Waals surface area contributed by atoms with Crippen LogP contribution >= 0.6 is 0 Å². The number of carboxylic acids is 1. The minimum absolute atomic E-state index is 0.223. The van der Waals surface area contributed by atoms with Crippen molar-refractivity contribution in [1.29, 1.82) is 0 Å². The molecule has 4 rings (SSSR count). The van der Waals surface area contributed by atoms with Crippen LogP contribution < -0.4 is 14.4 Å². The van der Waals surface area contributed by atoms with E-state index in [1.807, 2.05) is 29.2 Å². The third kappa shape index (κ3) is 4.68. The molecular formula is C23H23N3O4. The van der Waals surface area contributed by atoms with Gasteiger partial charge in [0, 0.05) is 35.4 Å². The molecule has 0 aliphatic heterocycles. The van der Waals surface area contributed by atoms with Gasteiger partial charge in [0.1, 0.15) is 6.33 Å². The van der Waals surface area contributed by atoms with Gasteiger partial charge < -0.3 is 19.5 Å². The maximum absolute atomic E-state index is 11.5. The molecule has 0 radical (unpaired) electrons. The van der Waals surface area contributed by atoms with Gasteiger partial charge in [-0.3, -0.25) is 0 Å². The van der Waals surface area contributed by atoms with Crippen LogP contribution in [-0.4, -0.2) is 34.8 Å². The van der Waals surface area contributed by atoms with Crippen LogP contribution in [0, 0.1) is 5.92 Å². The van der Waals surface area contributed by atoms with Gasteiger partial charge in [0.25, 0.3) is 0 Å². The number of aromatic nitrogens is 2. The van der Waals surface area contributed by atoms with Crippen molar-refractivity contribution in [2.75, 3.05) is 18.6 Å². The van der Waals surface area contributed by atoms with Crippen LogP contribution in [0.2, 0.25) is 0 Å². The second-order valence-electron chi connectivity index (χ2n) is 7.28. The first-order valence-electron chi connectivity index (χ1n) is 9.79. The Hall–Kier alpha value is -3.61. The minimum atomic E-state index is -0.969. The third-order valence-corrected chi connectivity index (χ3v) is 4.99. The van der Waals surface area contributed by atoms with Crippen LogP contribution in [0.1, 0.15) is 28.8 Å². The highest BCUT2D eigenvalue weighted by molar-refractivity contribution is 5.89. The quantitative estimate of drug-likeness (QED) is 0.568. The number of anilines is 2. The molecule has 7 nitrogen and oxygen atoms in total. The van der Waals surface area contributed by atoms with E-state index >= 15 is 0 Å². The summed E-state index contributed by atoms with van der Waals surface area (Å²) in [6.45, 7) is 1.14. The number of benzene rings is 2. The van der Waals surface area contributed by atoms with Crippen LogP contribution in [0.25, 0.3) is 0 Å². The first-order chi connectivity index (χ1) is 14.6. The predicted octanol–water partition coefficient (Wildman–Crippen LogP) is 4.31. The summed E-state index contributed by atoms with van der Waals surface area (Å²) in [4.78, 5) is 21.7. The Labute approximate surface area is 174 Å². The zero-order valence-electron chi connectivity index (χ0n) is 16.7. The van der Waals surface area contributed by atoms with Crippen molar-refractivity contribution in [3.05, 3.63) is 72.3 Å². The molecule has 1 aromatic heterocycles. The van der Waals surface area contributed by atoms with Gasteiger partial charge in [-0.2, -0.15) is 0 Å². The molecule has 1 N–H and O–H groups in total. The topological polar surface area (TPSA) is 84.8 Å². The smallest absolute Gasteiger partial charge is 0.335 e. The number of nitrogens with zero attached hydrogens (tertiary/aromatic N) is 3. The normalized spacial score (nSPS) is 13.0. The van der Waals surface area contributed by atoms with Crippen molar-refractivity contribution in [3.63, 3.8) is 0 Å². The first kappa shape index (κ1) is 19.7. The molecule has 1 fully saturated rings. The largest absolute Gasteiger partial charge is 0.493 e. The van der Waals surface area contributed by atoms with Crippen molar-refractivity contribution in [3.8, 4) is 11.5 Å². The lowest BCUT2D eigenvalue weighted by atomic mass is 10.1. The number of aromatic carboxylic acids is 1. The lowest BCUT2D eigenvalue weighted by Gasteiger charge is -2.26. The lowest BCUT2D eigenvalue weighted by Crippen LogP contribution is -2.17. The molecule has 7 heteroatoms. The molecule has 1 heterocycles. The van der Waals surface area contributed by atoms with Crippen LogP contribution in [-0.2, 0) is 6.54 Å². The van der Waals surface area contributed by atoms with Gasteiger partial charge in [-0.05, 0) is 49.1 Å². The lowest BCUT2D eigenvalue weighted by molar-refractivity contribution is 0.0697. The van der Waals surface area contributed by atoms with Gasteiger partial charge in [-0.1, -0.05) is 6.07 Å². The van der Waals surface area contributed by atoms with E-state index in [0.29, 0.717) is 30.6 Å². The number of hydrogen-bond acceptors (Lipinski definition) is 6. The summed E-state index contributed by atoms with van der Waals surface area (Å²) in [6.07, 6.45) is 7.37. The summed E-state index contributed by atoms with van der Waals surface area (Å²) >= 11 is 0. The number of methoxy groups -OCH3 is 1. The Kier molecular flexibility index (Phi) is 5.79. The molecule has 0 unspecified atom stereocenters. The van der Waals surface area contributed by atoms with E-state index in [4.69, 9.17) is 9.47 Å². The van der Waals surface area contributed by atoms with Gasteiger partial charge in [-0.15, -0.1) is 0 Å². The molecule has 1 aliphatic rings. The molecule has 0 saturated heterocycles. The number of rotatable bonds is 9. The SMILES string of the molecule is COc1ccc(N(Cc2cncnc2)c2cccc(C(=O)O)c2)cc1OCC1CC1. The highest BCUT2D eigenvalue weighted by atomic mass is 16.5. The Morgan fingerprint density at radius 1 is 1.10 bits per heavy atom. The summed E-state index contributed by atoms with van der Waals surface area (Å²) in [5, 5.41) is 9.42. The Bertz CT molecular complexity index is 1020.